The molecule has 11 heavy (non-hydrogen) atoms. The Morgan fingerprint density at radius 1 is 1.36 bits per heavy atom. The largest absolute Gasteiger partial charge is 0.386 e. The van der Waals surface area contributed by atoms with Crippen molar-refractivity contribution in [3.8, 4) is 0 Å². The van der Waals surface area contributed by atoms with E-state index in [9.17, 15) is 0 Å². The van der Waals surface area contributed by atoms with Crippen LogP contribution in [0.1, 0.15) is 25.7 Å². The first kappa shape index (κ1) is 8.40. The highest BCUT2D eigenvalue weighted by atomic mass is 15.0. The van der Waals surface area contributed by atoms with E-state index in [4.69, 9.17) is 11.5 Å². The van der Waals surface area contributed by atoms with Crippen molar-refractivity contribution in [2.45, 2.75) is 37.8 Å². The van der Waals surface area contributed by atoms with Crippen molar-refractivity contribution >= 4 is 0 Å². The average Bonchev–Trinajstić information content (AvgIpc) is 1.93. The molecule has 1 rings (SSSR count). The minimum Gasteiger partial charge on any atom is -0.386 e. The quantitative estimate of drug-likeness (QED) is 0.536. The molecule has 0 amide bonds. The maximum Gasteiger partial charge on any atom is 0.0888 e. The van der Waals surface area contributed by atoms with Gasteiger partial charge in [-0.2, -0.15) is 0 Å². The average molecular weight is 155 g/mol. The van der Waals surface area contributed by atoms with Gasteiger partial charge in [-0.25, -0.2) is 0 Å². The second kappa shape index (κ2) is 3.62. The van der Waals surface area contributed by atoms with E-state index in [2.05, 4.69) is 11.9 Å². The Hall–Kier alpha value is -0.700. The van der Waals surface area contributed by atoms with Crippen LogP contribution in [0.2, 0.25) is 0 Å². The number of hydrogen-bond donors (Lipinski definition) is 3. The molecule has 0 radical (unpaired) electrons. The SMILES string of the molecule is C=C(N)N[C@@H]1CCCC[C@@H]1N. The summed E-state index contributed by atoms with van der Waals surface area (Å²) in [5, 5.41) is 3.09. The van der Waals surface area contributed by atoms with Gasteiger partial charge in [0, 0.05) is 12.1 Å². The van der Waals surface area contributed by atoms with Gasteiger partial charge in [0.05, 0.1) is 5.82 Å². The van der Waals surface area contributed by atoms with E-state index >= 15 is 0 Å². The predicted molar refractivity (Wildman–Crippen MR) is 46.7 cm³/mol. The van der Waals surface area contributed by atoms with Gasteiger partial charge in [-0.05, 0) is 12.8 Å². The van der Waals surface area contributed by atoms with E-state index in [1.807, 2.05) is 0 Å². The minimum absolute atomic E-state index is 0.254. The van der Waals surface area contributed by atoms with Crippen LogP contribution in [0.3, 0.4) is 0 Å². The van der Waals surface area contributed by atoms with E-state index in [1.165, 1.54) is 12.8 Å². The lowest BCUT2D eigenvalue weighted by atomic mass is 9.91. The summed E-state index contributed by atoms with van der Waals surface area (Å²) in [4.78, 5) is 0. The highest BCUT2D eigenvalue weighted by Crippen LogP contribution is 2.16. The third-order valence-electron chi connectivity index (χ3n) is 2.19. The van der Waals surface area contributed by atoms with Crippen molar-refractivity contribution < 1.29 is 0 Å². The highest BCUT2D eigenvalue weighted by molar-refractivity contribution is 4.93. The zero-order chi connectivity index (χ0) is 8.27. The van der Waals surface area contributed by atoms with Crippen molar-refractivity contribution in [1.82, 2.24) is 5.32 Å². The fraction of sp³-hybridized carbons (Fsp3) is 0.750. The number of nitrogens with one attached hydrogen (secondary N) is 1. The summed E-state index contributed by atoms with van der Waals surface area (Å²) < 4.78 is 0. The van der Waals surface area contributed by atoms with Crippen molar-refractivity contribution in [1.29, 1.82) is 0 Å². The van der Waals surface area contributed by atoms with E-state index in [0.29, 0.717) is 11.9 Å². The molecule has 3 nitrogen and oxygen atoms in total. The van der Waals surface area contributed by atoms with E-state index in [0.717, 1.165) is 12.8 Å². The zero-order valence-corrected chi connectivity index (χ0v) is 6.84. The van der Waals surface area contributed by atoms with Crippen molar-refractivity contribution in [3.63, 3.8) is 0 Å². The summed E-state index contributed by atoms with van der Waals surface area (Å²) in [6, 6.07) is 0.602. The molecule has 0 aromatic rings. The summed E-state index contributed by atoms with van der Waals surface area (Å²) in [5.41, 5.74) is 11.3. The summed E-state index contributed by atoms with van der Waals surface area (Å²) in [5.74, 6) is 0.535. The molecule has 0 bridgehead atoms. The van der Waals surface area contributed by atoms with Gasteiger partial charge in [-0.1, -0.05) is 19.4 Å². The fourth-order valence-corrected chi connectivity index (χ4v) is 1.58. The molecule has 0 unspecified atom stereocenters. The maximum atomic E-state index is 5.87. The van der Waals surface area contributed by atoms with Crippen molar-refractivity contribution in [2.75, 3.05) is 0 Å². The molecule has 0 saturated heterocycles. The first-order chi connectivity index (χ1) is 5.20. The van der Waals surface area contributed by atoms with Crippen LogP contribution in [0.25, 0.3) is 0 Å². The van der Waals surface area contributed by atoms with Crippen LogP contribution in [-0.4, -0.2) is 12.1 Å². The van der Waals surface area contributed by atoms with E-state index in [1.54, 1.807) is 0 Å². The van der Waals surface area contributed by atoms with Crippen molar-refractivity contribution in [3.05, 3.63) is 12.4 Å². The monoisotopic (exact) mass is 155 g/mol. The lowest BCUT2D eigenvalue weighted by Gasteiger charge is -2.29. The van der Waals surface area contributed by atoms with Crippen LogP contribution in [0.4, 0.5) is 0 Å². The Bertz CT molecular complexity index is 144. The Morgan fingerprint density at radius 2 is 2.00 bits per heavy atom. The molecule has 3 heteroatoms. The maximum absolute atomic E-state index is 5.87. The third-order valence-corrected chi connectivity index (χ3v) is 2.19. The molecular weight excluding hydrogens is 138 g/mol. The van der Waals surface area contributed by atoms with Gasteiger partial charge in [0.15, 0.2) is 0 Å². The first-order valence-corrected chi connectivity index (χ1v) is 4.16. The topological polar surface area (TPSA) is 64.1 Å². The second-order valence-electron chi connectivity index (χ2n) is 3.22. The standard InChI is InChI=1S/C8H17N3/c1-6(9)11-8-5-3-2-4-7(8)10/h7-8,11H,1-5,9-10H2/t7-,8+/m0/s1. The predicted octanol–water partition coefficient (Wildman–Crippen LogP) is 0.276. The summed E-state index contributed by atoms with van der Waals surface area (Å²) in [6.07, 6.45) is 4.72. The third kappa shape index (κ3) is 2.42. The minimum atomic E-state index is 0.254. The van der Waals surface area contributed by atoms with Gasteiger partial charge in [-0.3, -0.25) is 0 Å². The summed E-state index contributed by atoms with van der Waals surface area (Å²) in [7, 11) is 0. The molecule has 1 aliphatic rings. The van der Waals surface area contributed by atoms with Gasteiger partial charge in [-0.15, -0.1) is 0 Å². The molecule has 0 aliphatic heterocycles. The first-order valence-electron chi connectivity index (χ1n) is 4.16. The van der Waals surface area contributed by atoms with Gasteiger partial charge in [0.2, 0.25) is 0 Å². The lowest BCUT2D eigenvalue weighted by molar-refractivity contribution is 0.346. The molecule has 0 aromatic heterocycles. The Kier molecular flexibility index (Phi) is 2.76. The van der Waals surface area contributed by atoms with Gasteiger partial charge >= 0.3 is 0 Å². The molecule has 5 N–H and O–H groups in total. The molecule has 2 atom stereocenters. The lowest BCUT2D eigenvalue weighted by Crippen LogP contribution is -2.47. The van der Waals surface area contributed by atoms with Crippen LogP contribution >= 0.6 is 0 Å². The van der Waals surface area contributed by atoms with Crippen LogP contribution in [0.15, 0.2) is 12.4 Å². The van der Waals surface area contributed by atoms with Gasteiger partial charge in [0.25, 0.3) is 0 Å². The Balaban J connectivity index is 2.35. The van der Waals surface area contributed by atoms with Crippen LogP contribution < -0.4 is 16.8 Å². The molecule has 1 aliphatic carbocycles. The Morgan fingerprint density at radius 3 is 2.55 bits per heavy atom. The fourth-order valence-electron chi connectivity index (χ4n) is 1.58. The summed E-state index contributed by atoms with van der Waals surface area (Å²) in [6.45, 7) is 3.59. The molecular formula is C8H17N3. The molecule has 1 fully saturated rings. The second-order valence-corrected chi connectivity index (χ2v) is 3.22. The molecule has 1 saturated carbocycles. The summed E-state index contributed by atoms with van der Waals surface area (Å²) >= 11 is 0. The molecule has 0 aromatic carbocycles. The zero-order valence-electron chi connectivity index (χ0n) is 6.84. The normalized spacial score (nSPS) is 31.4. The smallest absolute Gasteiger partial charge is 0.0888 e. The van der Waals surface area contributed by atoms with Crippen LogP contribution in [0, 0.1) is 0 Å². The van der Waals surface area contributed by atoms with Crippen LogP contribution in [0.5, 0.6) is 0 Å². The highest BCUT2D eigenvalue weighted by Gasteiger charge is 2.20. The van der Waals surface area contributed by atoms with E-state index in [-0.39, 0.29) is 6.04 Å². The van der Waals surface area contributed by atoms with Crippen molar-refractivity contribution in [2.24, 2.45) is 11.5 Å². The van der Waals surface area contributed by atoms with Gasteiger partial charge in [0.1, 0.15) is 0 Å². The molecule has 0 heterocycles. The van der Waals surface area contributed by atoms with E-state index < -0.39 is 0 Å². The molecule has 64 valence electrons. The number of rotatable bonds is 2. The number of nitrogens with two attached hydrogens (primary N) is 2. The van der Waals surface area contributed by atoms with Gasteiger partial charge < -0.3 is 16.8 Å². The number of hydrogen-bond acceptors (Lipinski definition) is 3. The Labute approximate surface area is 67.8 Å². The van der Waals surface area contributed by atoms with Crippen LogP contribution in [-0.2, 0) is 0 Å². The molecule has 0 spiro atoms.